The van der Waals surface area contributed by atoms with E-state index in [0.717, 1.165) is 29.7 Å². The van der Waals surface area contributed by atoms with Crippen molar-refractivity contribution in [1.82, 2.24) is 5.32 Å². The molecule has 1 N–H and O–H groups in total. The highest BCUT2D eigenvalue weighted by Crippen LogP contribution is 2.19. The van der Waals surface area contributed by atoms with Gasteiger partial charge in [-0.3, -0.25) is 9.59 Å². The molecule has 0 radical (unpaired) electrons. The zero-order chi connectivity index (χ0) is 19.9. The summed E-state index contributed by atoms with van der Waals surface area (Å²) in [6, 6.07) is 16.3. The summed E-state index contributed by atoms with van der Waals surface area (Å²) in [5, 5.41) is 2.94. The van der Waals surface area contributed by atoms with Gasteiger partial charge in [0.15, 0.2) is 0 Å². The van der Waals surface area contributed by atoms with E-state index in [-0.39, 0.29) is 24.5 Å². The van der Waals surface area contributed by atoms with E-state index in [1.165, 1.54) is 5.56 Å². The number of hydrogen-bond acceptors (Lipinski definition) is 3. The zero-order valence-electron chi connectivity index (χ0n) is 16.6. The van der Waals surface area contributed by atoms with Crippen LogP contribution in [0.5, 0.6) is 0 Å². The van der Waals surface area contributed by atoms with Gasteiger partial charge >= 0.3 is 0 Å². The van der Waals surface area contributed by atoms with E-state index in [1.807, 2.05) is 31.2 Å². The number of nitrogens with zero attached hydrogens (tertiary/aromatic N) is 1. The third kappa shape index (κ3) is 5.42. The molecule has 0 aliphatic carbocycles. The molecule has 28 heavy (non-hydrogen) atoms. The molecule has 5 nitrogen and oxygen atoms in total. The maximum absolute atomic E-state index is 12.2. The van der Waals surface area contributed by atoms with Crippen LogP contribution in [0.4, 0.5) is 5.69 Å². The average molecular weight is 380 g/mol. The number of nitrogens with one attached hydrogen (secondary N) is 1. The number of hydrogen-bond donors (Lipinski definition) is 1. The first-order valence-corrected chi connectivity index (χ1v) is 9.88. The lowest BCUT2D eigenvalue weighted by atomic mass is 10.1. The van der Waals surface area contributed by atoms with Crippen molar-refractivity contribution in [3.8, 4) is 0 Å². The third-order valence-corrected chi connectivity index (χ3v) is 5.04. The summed E-state index contributed by atoms with van der Waals surface area (Å²) in [6.45, 7) is 5.02. The van der Waals surface area contributed by atoms with Gasteiger partial charge in [0.25, 0.3) is 5.91 Å². The number of aryl methyl sites for hydroxylation is 3. The number of carbonyl (C=O) groups is 2. The Hall–Kier alpha value is -2.66. The maximum Gasteiger partial charge on any atom is 0.253 e. The minimum absolute atomic E-state index is 0.00201. The summed E-state index contributed by atoms with van der Waals surface area (Å²) < 4.78 is 5.60. The lowest BCUT2D eigenvalue weighted by Crippen LogP contribution is -2.50. The molecule has 0 spiro atoms. The predicted octanol–water partition coefficient (Wildman–Crippen LogP) is 3.04. The van der Waals surface area contributed by atoms with Crippen LogP contribution in [0.1, 0.15) is 30.0 Å². The normalized spacial score (nSPS) is 16.9. The van der Waals surface area contributed by atoms with Gasteiger partial charge in [-0.25, -0.2) is 0 Å². The van der Waals surface area contributed by atoms with Crippen molar-refractivity contribution in [2.75, 3.05) is 24.6 Å². The molecule has 1 unspecified atom stereocenters. The number of rotatable bonds is 7. The molecule has 0 bridgehead atoms. The molecule has 148 valence electrons. The fourth-order valence-corrected chi connectivity index (χ4v) is 3.31. The third-order valence-electron chi connectivity index (χ3n) is 5.04. The fourth-order valence-electron chi connectivity index (χ4n) is 3.31. The monoisotopic (exact) mass is 380 g/mol. The Labute approximate surface area is 166 Å². The van der Waals surface area contributed by atoms with Crippen molar-refractivity contribution >= 4 is 17.5 Å². The van der Waals surface area contributed by atoms with Crippen LogP contribution in [0.25, 0.3) is 0 Å². The van der Waals surface area contributed by atoms with E-state index < -0.39 is 0 Å². The molecule has 5 heteroatoms. The molecule has 0 aromatic heterocycles. The van der Waals surface area contributed by atoms with Crippen molar-refractivity contribution in [2.45, 2.75) is 39.2 Å². The van der Waals surface area contributed by atoms with Gasteiger partial charge in [-0.15, -0.1) is 0 Å². The Balaban J connectivity index is 1.47. The molecule has 1 fully saturated rings. The molecular formula is C23H28N2O3. The van der Waals surface area contributed by atoms with Crippen LogP contribution in [0.2, 0.25) is 0 Å². The summed E-state index contributed by atoms with van der Waals surface area (Å²) in [5.74, 6) is -0.0501. The molecule has 2 amide bonds. The van der Waals surface area contributed by atoms with Crippen molar-refractivity contribution in [3.05, 3.63) is 65.2 Å². The van der Waals surface area contributed by atoms with Crippen LogP contribution < -0.4 is 10.2 Å². The second-order valence-corrected chi connectivity index (χ2v) is 7.25. The lowest BCUT2D eigenvalue weighted by Gasteiger charge is -2.33. The molecule has 2 aromatic carbocycles. The summed E-state index contributed by atoms with van der Waals surface area (Å²) in [4.78, 5) is 26.1. The number of carbonyl (C=O) groups excluding carboxylic acids is 2. The van der Waals surface area contributed by atoms with E-state index in [0.29, 0.717) is 19.5 Å². The van der Waals surface area contributed by atoms with Gasteiger partial charge in [0, 0.05) is 18.7 Å². The van der Waals surface area contributed by atoms with Gasteiger partial charge < -0.3 is 15.0 Å². The first kappa shape index (κ1) is 20.1. The summed E-state index contributed by atoms with van der Waals surface area (Å²) in [7, 11) is 0. The van der Waals surface area contributed by atoms with Gasteiger partial charge in [-0.1, -0.05) is 43.3 Å². The van der Waals surface area contributed by atoms with Gasteiger partial charge in [0.2, 0.25) is 5.91 Å². The van der Waals surface area contributed by atoms with Crippen molar-refractivity contribution in [2.24, 2.45) is 0 Å². The molecule has 1 heterocycles. The molecule has 0 saturated carbocycles. The van der Waals surface area contributed by atoms with E-state index in [4.69, 9.17) is 4.74 Å². The highest BCUT2D eigenvalue weighted by Gasteiger charge is 2.27. The average Bonchev–Trinajstić information content (AvgIpc) is 2.72. The van der Waals surface area contributed by atoms with Crippen LogP contribution >= 0.6 is 0 Å². The van der Waals surface area contributed by atoms with Crippen molar-refractivity contribution in [3.63, 3.8) is 0 Å². The van der Waals surface area contributed by atoms with Crippen LogP contribution in [-0.4, -0.2) is 37.6 Å². The minimum atomic E-state index is -0.203. The van der Waals surface area contributed by atoms with E-state index >= 15 is 0 Å². The predicted molar refractivity (Wildman–Crippen MR) is 110 cm³/mol. The van der Waals surface area contributed by atoms with Gasteiger partial charge in [0.05, 0.1) is 12.6 Å². The van der Waals surface area contributed by atoms with E-state index in [9.17, 15) is 9.59 Å². The highest BCUT2D eigenvalue weighted by molar-refractivity contribution is 5.95. The molecular weight excluding hydrogens is 352 g/mol. The van der Waals surface area contributed by atoms with Gasteiger partial charge in [-0.05, 0) is 48.6 Å². The number of ether oxygens (including phenoxy) is 1. The van der Waals surface area contributed by atoms with Crippen molar-refractivity contribution < 1.29 is 14.3 Å². The van der Waals surface area contributed by atoms with Crippen LogP contribution in [0.15, 0.2) is 48.5 Å². The number of anilines is 1. The fraction of sp³-hybridized carbons (Fsp3) is 0.391. The van der Waals surface area contributed by atoms with E-state index in [1.54, 1.807) is 4.90 Å². The number of amides is 2. The summed E-state index contributed by atoms with van der Waals surface area (Å²) >= 11 is 0. The Kier molecular flexibility index (Phi) is 6.82. The second-order valence-electron chi connectivity index (χ2n) is 7.25. The van der Waals surface area contributed by atoms with E-state index in [2.05, 4.69) is 36.5 Å². The molecule has 1 aliphatic heterocycles. The number of benzene rings is 2. The highest BCUT2D eigenvalue weighted by atomic mass is 16.5. The van der Waals surface area contributed by atoms with Gasteiger partial charge in [-0.2, -0.15) is 0 Å². The Morgan fingerprint density at radius 2 is 1.93 bits per heavy atom. The maximum atomic E-state index is 12.2. The zero-order valence-corrected chi connectivity index (χ0v) is 16.6. The SMILES string of the molecule is CCc1ccc(CCC(=O)NCC2CN(c3cccc(C)c3)C(=O)CO2)cc1. The standard InChI is InChI=1S/C23H28N2O3/c1-3-18-7-9-19(10-8-18)11-12-22(26)24-14-21-15-25(23(27)16-28-21)20-6-4-5-17(2)13-20/h4-10,13,21H,3,11-12,14-16H2,1-2H3,(H,24,26). The second kappa shape index (κ2) is 9.51. The summed E-state index contributed by atoms with van der Waals surface area (Å²) in [6.07, 6.45) is 1.98. The Morgan fingerprint density at radius 3 is 2.64 bits per heavy atom. The Morgan fingerprint density at radius 1 is 1.18 bits per heavy atom. The first-order valence-electron chi connectivity index (χ1n) is 9.88. The molecule has 3 rings (SSSR count). The van der Waals surface area contributed by atoms with Crippen LogP contribution in [0.3, 0.4) is 0 Å². The van der Waals surface area contributed by atoms with Crippen molar-refractivity contribution in [1.29, 1.82) is 0 Å². The Bertz CT molecular complexity index is 817. The smallest absolute Gasteiger partial charge is 0.253 e. The van der Waals surface area contributed by atoms with Crippen LogP contribution in [-0.2, 0) is 27.2 Å². The molecule has 1 aliphatic rings. The topological polar surface area (TPSA) is 58.6 Å². The molecule has 1 saturated heterocycles. The quantitative estimate of drug-likeness (QED) is 0.803. The largest absolute Gasteiger partial charge is 0.365 e. The first-order chi connectivity index (χ1) is 13.5. The summed E-state index contributed by atoms with van der Waals surface area (Å²) in [5.41, 5.74) is 4.45. The van der Waals surface area contributed by atoms with Crippen LogP contribution in [0, 0.1) is 6.92 Å². The lowest BCUT2D eigenvalue weighted by molar-refractivity contribution is -0.129. The molecule has 1 atom stereocenters. The number of morpholine rings is 1. The molecule has 2 aromatic rings. The van der Waals surface area contributed by atoms with Gasteiger partial charge in [0.1, 0.15) is 6.61 Å². The minimum Gasteiger partial charge on any atom is -0.365 e.